The quantitative estimate of drug-likeness (QED) is 0.833. The number of benzene rings is 1. The van der Waals surface area contributed by atoms with Gasteiger partial charge in [0.2, 0.25) is 0 Å². The highest BCUT2D eigenvalue weighted by molar-refractivity contribution is 5.71. The summed E-state index contributed by atoms with van der Waals surface area (Å²) in [5, 5.41) is 9.14. The number of carboxylic acid groups (broad SMARTS) is 1. The molecule has 3 heteroatoms. The molecular weight excluding hydrogens is 204 g/mol. The van der Waals surface area contributed by atoms with Crippen molar-refractivity contribution in [1.29, 1.82) is 0 Å². The zero-order chi connectivity index (χ0) is 11.5. The number of hydrogen-bond acceptors (Lipinski definition) is 2. The fourth-order valence-corrected chi connectivity index (χ4v) is 2.12. The smallest absolute Gasteiger partial charge is 0.309 e. The van der Waals surface area contributed by atoms with Gasteiger partial charge in [0.1, 0.15) is 0 Å². The van der Waals surface area contributed by atoms with Crippen molar-refractivity contribution in [2.24, 2.45) is 5.92 Å². The van der Waals surface area contributed by atoms with E-state index in [9.17, 15) is 4.79 Å². The lowest BCUT2D eigenvalue weighted by Crippen LogP contribution is -2.28. The van der Waals surface area contributed by atoms with Gasteiger partial charge in [-0.05, 0) is 25.3 Å². The number of ether oxygens (including phenoxy) is 1. The van der Waals surface area contributed by atoms with Gasteiger partial charge < -0.3 is 9.84 Å². The van der Waals surface area contributed by atoms with Gasteiger partial charge in [0, 0.05) is 6.61 Å². The lowest BCUT2D eigenvalue weighted by atomic mass is 9.89. The van der Waals surface area contributed by atoms with Crippen molar-refractivity contribution in [2.75, 3.05) is 6.61 Å². The molecule has 0 saturated carbocycles. The number of rotatable bonds is 2. The van der Waals surface area contributed by atoms with Gasteiger partial charge in [0.25, 0.3) is 0 Å². The molecule has 0 aliphatic carbocycles. The molecule has 1 heterocycles. The molecule has 2 rings (SSSR count). The van der Waals surface area contributed by atoms with Crippen LogP contribution in [0.2, 0.25) is 0 Å². The van der Waals surface area contributed by atoms with Crippen molar-refractivity contribution < 1.29 is 14.6 Å². The van der Waals surface area contributed by atoms with Crippen LogP contribution in [0.5, 0.6) is 0 Å². The summed E-state index contributed by atoms with van der Waals surface area (Å²) in [7, 11) is 0. The van der Waals surface area contributed by atoms with Gasteiger partial charge >= 0.3 is 5.97 Å². The maximum atomic E-state index is 11.1. The van der Waals surface area contributed by atoms with Crippen LogP contribution < -0.4 is 0 Å². The lowest BCUT2D eigenvalue weighted by molar-refractivity contribution is -0.151. The second kappa shape index (κ2) is 4.66. The van der Waals surface area contributed by atoms with E-state index in [4.69, 9.17) is 9.84 Å². The third-order valence-corrected chi connectivity index (χ3v) is 3.05. The van der Waals surface area contributed by atoms with E-state index in [2.05, 4.69) is 0 Å². The first kappa shape index (κ1) is 11.1. The minimum Gasteiger partial charge on any atom is -0.481 e. The molecular formula is C13H16O3. The van der Waals surface area contributed by atoms with E-state index in [0.29, 0.717) is 13.0 Å². The largest absolute Gasteiger partial charge is 0.481 e. The van der Waals surface area contributed by atoms with Crippen LogP contribution in [-0.4, -0.2) is 17.7 Å². The third kappa shape index (κ3) is 2.25. The summed E-state index contributed by atoms with van der Waals surface area (Å²) < 4.78 is 5.60. The Balaban J connectivity index is 2.23. The van der Waals surface area contributed by atoms with Crippen molar-refractivity contribution >= 4 is 5.97 Å². The summed E-state index contributed by atoms with van der Waals surface area (Å²) in [6.45, 7) is 2.67. The molecule has 0 aromatic heterocycles. The van der Waals surface area contributed by atoms with Crippen LogP contribution in [0.3, 0.4) is 0 Å². The van der Waals surface area contributed by atoms with E-state index in [1.54, 1.807) is 0 Å². The van der Waals surface area contributed by atoms with E-state index in [-0.39, 0.29) is 6.10 Å². The lowest BCUT2D eigenvalue weighted by Gasteiger charge is -2.29. The molecule has 0 spiro atoms. The summed E-state index contributed by atoms with van der Waals surface area (Å²) in [6.07, 6.45) is 1.25. The molecule has 1 aliphatic heterocycles. The second-order valence-corrected chi connectivity index (χ2v) is 4.29. The Morgan fingerprint density at radius 1 is 1.38 bits per heavy atom. The van der Waals surface area contributed by atoms with Gasteiger partial charge in [-0.2, -0.15) is 0 Å². The number of carbonyl (C=O) groups is 1. The molecule has 16 heavy (non-hydrogen) atoms. The van der Waals surface area contributed by atoms with Gasteiger partial charge in [-0.1, -0.05) is 29.8 Å². The molecule has 0 amide bonds. The topological polar surface area (TPSA) is 46.5 Å². The predicted molar refractivity (Wildman–Crippen MR) is 60.2 cm³/mol. The zero-order valence-electron chi connectivity index (χ0n) is 9.35. The average molecular weight is 220 g/mol. The van der Waals surface area contributed by atoms with E-state index in [1.165, 1.54) is 5.56 Å². The first-order valence-corrected chi connectivity index (χ1v) is 5.59. The summed E-state index contributed by atoms with van der Waals surface area (Å²) >= 11 is 0. The van der Waals surface area contributed by atoms with E-state index in [1.807, 2.05) is 31.2 Å². The maximum absolute atomic E-state index is 11.1. The Morgan fingerprint density at radius 3 is 2.69 bits per heavy atom. The fourth-order valence-electron chi connectivity index (χ4n) is 2.12. The number of aliphatic carboxylic acids is 1. The molecule has 1 N–H and O–H groups in total. The Morgan fingerprint density at radius 2 is 2.06 bits per heavy atom. The Kier molecular flexibility index (Phi) is 3.25. The summed E-state index contributed by atoms with van der Waals surface area (Å²) in [6, 6.07) is 7.90. The van der Waals surface area contributed by atoms with Crippen molar-refractivity contribution in [3.63, 3.8) is 0 Å². The number of carboxylic acids is 1. The molecule has 2 atom stereocenters. The van der Waals surface area contributed by atoms with Gasteiger partial charge in [-0.15, -0.1) is 0 Å². The fraction of sp³-hybridized carbons (Fsp3) is 0.462. The standard InChI is InChI=1S/C13H16O3/c1-9-4-6-10(7-5-9)12-11(13(14)15)3-2-8-16-12/h4-7,11-12H,2-3,8H2,1H3,(H,14,15)/t11-,12-/m1/s1. The number of aryl methyl sites for hydroxylation is 1. The summed E-state index contributed by atoms with van der Waals surface area (Å²) in [4.78, 5) is 11.1. The van der Waals surface area contributed by atoms with Gasteiger partial charge in [-0.3, -0.25) is 4.79 Å². The monoisotopic (exact) mass is 220 g/mol. The van der Waals surface area contributed by atoms with Crippen molar-refractivity contribution in [2.45, 2.75) is 25.9 Å². The molecule has 1 aliphatic rings. The normalized spacial score (nSPS) is 25.3. The second-order valence-electron chi connectivity index (χ2n) is 4.29. The minimum absolute atomic E-state index is 0.285. The molecule has 1 fully saturated rings. The Hall–Kier alpha value is -1.35. The molecule has 0 radical (unpaired) electrons. The molecule has 86 valence electrons. The molecule has 0 bridgehead atoms. The van der Waals surface area contributed by atoms with Crippen LogP contribution in [0.4, 0.5) is 0 Å². The van der Waals surface area contributed by atoms with E-state index < -0.39 is 11.9 Å². The highest BCUT2D eigenvalue weighted by Crippen LogP contribution is 2.33. The van der Waals surface area contributed by atoms with Gasteiger partial charge in [0.05, 0.1) is 12.0 Å². The Bertz CT molecular complexity index is 369. The highest BCUT2D eigenvalue weighted by atomic mass is 16.5. The maximum Gasteiger partial charge on any atom is 0.309 e. The van der Waals surface area contributed by atoms with Crippen LogP contribution in [-0.2, 0) is 9.53 Å². The molecule has 0 unspecified atom stereocenters. The molecule has 3 nitrogen and oxygen atoms in total. The summed E-state index contributed by atoms with van der Waals surface area (Å²) in [5.74, 6) is -1.17. The van der Waals surface area contributed by atoms with Crippen LogP contribution in [0.1, 0.15) is 30.1 Å². The highest BCUT2D eigenvalue weighted by Gasteiger charge is 2.32. The van der Waals surface area contributed by atoms with Crippen LogP contribution in [0.25, 0.3) is 0 Å². The van der Waals surface area contributed by atoms with Crippen molar-refractivity contribution in [1.82, 2.24) is 0 Å². The van der Waals surface area contributed by atoms with Crippen LogP contribution in [0.15, 0.2) is 24.3 Å². The van der Waals surface area contributed by atoms with E-state index >= 15 is 0 Å². The SMILES string of the molecule is Cc1ccc([C@H]2OCCC[C@H]2C(=O)O)cc1. The van der Waals surface area contributed by atoms with Gasteiger partial charge in [-0.25, -0.2) is 0 Å². The zero-order valence-corrected chi connectivity index (χ0v) is 9.35. The minimum atomic E-state index is -0.759. The predicted octanol–water partition coefficient (Wildman–Crippen LogP) is 2.55. The van der Waals surface area contributed by atoms with Gasteiger partial charge in [0.15, 0.2) is 0 Å². The first-order valence-electron chi connectivity index (χ1n) is 5.59. The Labute approximate surface area is 95.0 Å². The molecule has 1 aromatic carbocycles. The van der Waals surface area contributed by atoms with Crippen LogP contribution >= 0.6 is 0 Å². The average Bonchev–Trinajstić information content (AvgIpc) is 2.30. The summed E-state index contributed by atoms with van der Waals surface area (Å²) in [5.41, 5.74) is 2.14. The molecule has 1 saturated heterocycles. The number of hydrogen-bond donors (Lipinski definition) is 1. The van der Waals surface area contributed by atoms with Crippen LogP contribution in [0, 0.1) is 12.8 Å². The van der Waals surface area contributed by atoms with Crippen molar-refractivity contribution in [3.05, 3.63) is 35.4 Å². The van der Waals surface area contributed by atoms with E-state index in [0.717, 1.165) is 12.0 Å². The third-order valence-electron chi connectivity index (χ3n) is 3.05. The first-order chi connectivity index (χ1) is 7.68. The van der Waals surface area contributed by atoms with Crippen molar-refractivity contribution in [3.8, 4) is 0 Å². The molecule has 1 aromatic rings.